The summed E-state index contributed by atoms with van der Waals surface area (Å²) in [7, 11) is 3.29. The molecule has 1 N–H and O–H groups in total. The largest absolute Gasteiger partial charge is 0.497 e. The quantitative estimate of drug-likeness (QED) is 0.195. The minimum Gasteiger partial charge on any atom is -0.497 e. The zero-order valence-corrected chi connectivity index (χ0v) is 25.0. The molecule has 2 fully saturated rings. The molecule has 1 aromatic heterocycles. The molecule has 0 spiro atoms. The molecule has 224 valence electrons. The summed E-state index contributed by atoms with van der Waals surface area (Å²) in [4.78, 5) is 58.1. The van der Waals surface area contributed by atoms with E-state index in [0.717, 1.165) is 0 Å². The minimum atomic E-state index is -1.22. The second-order valence-corrected chi connectivity index (χ2v) is 11.5. The van der Waals surface area contributed by atoms with Crippen LogP contribution in [0.3, 0.4) is 0 Å². The number of rotatable bonds is 10. The van der Waals surface area contributed by atoms with Gasteiger partial charge in [0, 0.05) is 29.9 Å². The van der Waals surface area contributed by atoms with Gasteiger partial charge >= 0.3 is 12.1 Å². The summed E-state index contributed by atoms with van der Waals surface area (Å²) in [5.41, 5.74) is -1.27. The van der Waals surface area contributed by atoms with Crippen molar-refractivity contribution < 1.29 is 38.1 Å². The SMILES string of the molecule is BCC(=O)c1cc(O[C@@H]2C[C@@H](C(=O)N[C@]3(C(=O)OCC)C[C@H]3C=C)N(C(=O)OC(C)(C)C)C2)c2ccc(OC)cc2n1. The first kappa shape index (κ1) is 30.9. The molecule has 1 aromatic carbocycles. The van der Waals surface area contributed by atoms with Crippen LogP contribution in [0.1, 0.15) is 51.0 Å². The molecule has 1 aliphatic heterocycles. The Morgan fingerprint density at radius 3 is 2.57 bits per heavy atom. The first-order valence-corrected chi connectivity index (χ1v) is 14.2. The van der Waals surface area contributed by atoms with Crippen molar-refractivity contribution >= 4 is 42.5 Å². The molecule has 2 heterocycles. The molecular weight excluding hydrogens is 541 g/mol. The van der Waals surface area contributed by atoms with Crippen LogP contribution in [0.5, 0.6) is 11.5 Å². The number of likely N-dealkylation sites (tertiary alicyclic amines) is 1. The molecule has 2 aromatic rings. The lowest BCUT2D eigenvalue weighted by Gasteiger charge is -2.28. The third-order valence-corrected chi connectivity index (χ3v) is 7.36. The third kappa shape index (κ3) is 6.37. The average Bonchev–Trinajstić information content (AvgIpc) is 3.50. The number of fused-ring (bicyclic) bond motifs is 1. The van der Waals surface area contributed by atoms with Crippen LogP contribution in [-0.2, 0) is 19.1 Å². The Hall–Kier alpha value is -4.09. The van der Waals surface area contributed by atoms with Crippen LogP contribution in [0.15, 0.2) is 36.9 Å². The smallest absolute Gasteiger partial charge is 0.411 e. The molecule has 1 saturated carbocycles. The minimum absolute atomic E-state index is 0.0430. The highest BCUT2D eigenvalue weighted by atomic mass is 16.6. The normalized spacial score (nSPS) is 23.2. The first-order chi connectivity index (χ1) is 19.8. The number of nitrogens with zero attached hydrogens (tertiary/aromatic N) is 2. The van der Waals surface area contributed by atoms with Gasteiger partial charge in [0.05, 0.1) is 25.8 Å². The molecule has 4 rings (SSSR count). The number of carbonyl (C=O) groups is 4. The van der Waals surface area contributed by atoms with E-state index in [2.05, 4.69) is 16.9 Å². The van der Waals surface area contributed by atoms with Crippen LogP contribution < -0.4 is 14.8 Å². The summed E-state index contributed by atoms with van der Waals surface area (Å²) in [6.45, 7) is 10.9. The zero-order valence-electron chi connectivity index (χ0n) is 25.0. The van der Waals surface area contributed by atoms with Gasteiger partial charge in [0.25, 0.3) is 0 Å². The van der Waals surface area contributed by atoms with Crippen molar-refractivity contribution in [3.8, 4) is 11.5 Å². The van der Waals surface area contributed by atoms with Crippen molar-refractivity contribution in [2.75, 3.05) is 20.3 Å². The van der Waals surface area contributed by atoms with Crippen LogP contribution in [0.2, 0.25) is 6.32 Å². The first-order valence-electron chi connectivity index (χ1n) is 14.2. The van der Waals surface area contributed by atoms with Gasteiger partial charge in [-0.15, -0.1) is 6.58 Å². The van der Waals surface area contributed by atoms with E-state index in [-0.39, 0.29) is 43.3 Å². The summed E-state index contributed by atoms with van der Waals surface area (Å²) in [5.74, 6) is -0.524. The zero-order chi connectivity index (χ0) is 30.8. The van der Waals surface area contributed by atoms with Crippen LogP contribution in [0, 0.1) is 5.92 Å². The average molecular weight is 579 g/mol. The van der Waals surface area contributed by atoms with Crippen LogP contribution in [0.25, 0.3) is 10.9 Å². The van der Waals surface area contributed by atoms with Crippen molar-refractivity contribution in [1.82, 2.24) is 15.2 Å². The van der Waals surface area contributed by atoms with Crippen molar-refractivity contribution in [2.45, 2.75) is 70.1 Å². The van der Waals surface area contributed by atoms with Crippen molar-refractivity contribution in [3.63, 3.8) is 0 Å². The molecular formula is C30H38BN3O8. The maximum absolute atomic E-state index is 13.7. The van der Waals surface area contributed by atoms with Gasteiger partial charge in [-0.1, -0.05) is 6.08 Å². The summed E-state index contributed by atoms with van der Waals surface area (Å²) < 4.78 is 22.6. The number of ketones is 1. The number of methoxy groups -OCH3 is 1. The summed E-state index contributed by atoms with van der Waals surface area (Å²) in [6, 6.07) is 5.86. The predicted molar refractivity (Wildman–Crippen MR) is 158 cm³/mol. The lowest BCUT2D eigenvalue weighted by molar-refractivity contribution is -0.149. The van der Waals surface area contributed by atoms with Crippen LogP contribution >= 0.6 is 0 Å². The molecule has 4 atom stereocenters. The second kappa shape index (κ2) is 12.0. The Balaban J connectivity index is 1.65. The highest BCUT2D eigenvalue weighted by Gasteiger charge is 2.62. The monoisotopic (exact) mass is 579 g/mol. The number of esters is 1. The molecule has 0 unspecified atom stereocenters. The fourth-order valence-electron chi connectivity index (χ4n) is 5.12. The van der Waals surface area contributed by atoms with E-state index in [4.69, 9.17) is 18.9 Å². The Morgan fingerprint density at radius 2 is 1.98 bits per heavy atom. The fraction of sp³-hybridized carbons (Fsp3) is 0.500. The van der Waals surface area contributed by atoms with Crippen molar-refractivity contribution in [1.29, 1.82) is 0 Å². The molecule has 1 saturated heterocycles. The number of hydrogen-bond acceptors (Lipinski definition) is 9. The number of aromatic nitrogens is 1. The molecule has 0 radical (unpaired) electrons. The van der Waals surface area contributed by atoms with E-state index in [9.17, 15) is 19.2 Å². The molecule has 12 heteroatoms. The number of Topliss-reactive ketones (excluding diaryl/α,β-unsaturated/α-hetero) is 1. The number of amides is 2. The standard InChI is InChI=1S/C30H38BN3O8/c1-7-17-14-30(17,27(37)40-8-2)33-26(36)23-12-19(16-34(23)28(38)42-29(3,4)5)41-25-13-22(24(35)15-31)32-21-11-18(39-6)9-10-20(21)25/h7,9-11,13,17,19,23H,1,8,12,14-16,31H2,2-6H3,(H,33,36)/t17-,19-,23+,30-/m1/s1. The van der Waals surface area contributed by atoms with E-state index in [0.29, 0.717) is 28.8 Å². The Kier molecular flexibility index (Phi) is 8.84. The summed E-state index contributed by atoms with van der Waals surface area (Å²) >= 11 is 0. The highest BCUT2D eigenvalue weighted by Crippen LogP contribution is 2.46. The van der Waals surface area contributed by atoms with Gasteiger partial charge in [-0.25, -0.2) is 14.6 Å². The molecule has 11 nitrogen and oxygen atoms in total. The number of ether oxygens (including phenoxy) is 4. The number of pyridine rings is 1. The van der Waals surface area contributed by atoms with Gasteiger partial charge in [-0.2, -0.15) is 0 Å². The molecule has 0 bridgehead atoms. The van der Waals surface area contributed by atoms with Crippen LogP contribution in [-0.4, -0.2) is 85.0 Å². The number of benzene rings is 1. The molecule has 1 aliphatic carbocycles. The summed E-state index contributed by atoms with van der Waals surface area (Å²) in [6.07, 6.45) is 1.05. The maximum Gasteiger partial charge on any atom is 0.411 e. The van der Waals surface area contributed by atoms with Gasteiger partial charge < -0.3 is 24.3 Å². The van der Waals surface area contributed by atoms with Crippen LogP contribution in [0.4, 0.5) is 4.79 Å². The van der Waals surface area contributed by atoms with E-state index < -0.39 is 41.3 Å². The Bertz CT molecular complexity index is 1410. The Morgan fingerprint density at radius 1 is 1.24 bits per heavy atom. The number of nitrogens with one attached hydrogen (secondary N) is 1. The highest BCUT2D eigenvalue weighted by molar-refractivity contribution is 6.23. The van der Waals surface area contributed by atoms with Crippen molar-refractivity contribution in [2.24, 2.45) is 5.92 Å². The molecule has 2 aliphatic rings. The fourth-order valence-corrected chi connectivity index (χ4v) is 5.12. The van der Waals surface area contributed by atoms with Gasteiger partial charge in [0.15, 0.2) is 5.78 Å². The van der Waals surface area contributed by atoms with Gasteiger partial charge in [-0.05, 0) is 52.6 Å². The molecule has 42 heavy (non-hydrogen) atoms. The van der Waals surface area contributed by atoms with E-state index in [1.54, 1.807) is 73.0 Å². The van der Waals surface area contributed by atoms with E-state index in [1.165, 1.54) is 4.90 Å². The Labute approximate surface area is 246 Å². The lowest BCUT2D eigenvalue weighted by atomic mass is 9.98. The maximum atomic E-state index is 13.7. The molecule has 2 amide bonds. The number of carbonyl (C=O) groups excluding carboxylic acids is 4. The van der Waals surface area contributed by atoms with E-state index in [1.807, 2.05) is 0 Å². The predicted octanol–water partition coefficient (Wildman–Crippen LogP) is 2.86. The lowest BCUT2D eigenvalue weighted by Crippen LogP contribution is -2.53. The van der Waals surface area contributed by atoms with E-state index >= 15 is 0 Å². The third-order valence-electron chi connectivity index (χ3n) is 7.36. The van der Waals surface area contributed by atoms with Gasteiger partial charge in [0.2, 0.25) is 5.91 Å². The summed E-state index contributed by atoms with van der Waals surface area (Å²) in [5, 5.41) is 3.49. The topological polar surface area (TPSA) is 133 Å². The van der Waals surface area contributed by atoms with Gasteiger partial charge in [0.1, 0.15) is 48.3 Å². The second-order valence-electron chi connectivity index (χ2n) is 11.5. The van der Waals surface area contributed by atoms with Crippen molar-refractivity contribution in [3.05, 3.63) is 42.6 Å². The number of hydrogen-bond donors (Lipinski definition) is 1. The van der Waals surface area contributed by atoms with Gasteiger partial charge in [-0.3, -0.25) is 14.5 Å².